The highest BCUT2D eigenvalue weighted by atomic mass is 16.6. The molecule has 21 heavy (non-hydrogen) atoms. The zero-order valence-corrected chi connectivity index (χ0v) is 13.4. The number of nitrogens with zero attached hydrogens (tertiary/aromatic N) is 2. The molecule has 0 heterocycles. The van der Waals surface area contributed by atoms with Crippen LogP contribution in [0.4, 0.5) is 11.4 Å². The Hall–Kier alpha value is -1.91. The summed E-state index contributed by atoms with van der Waals surface area (Å²) >= 11 is 0. The summed E-state index contributed by atoms with van der Waals surface area (Å²) in [5.74, 6) is 0.740. The van der Waals surface area contributed by atoms with Crippen LogP contribution in [0.3, 0.4) is 0 Å². The van der Waals surface area contributed by atoms with E-state index in [0.717, 1.165) is 18.8 Å². The largest absolute Gasteiger partial charge is 0.370 e. The van der Waals surface area contributed by atoms with E-state index < -0.39 is 4.92 Å². The summed E-state index contributed by atoms with van der Waals surface area (Å²) in [6, 6.07) is 4.54. The lowest BCUT2D eigenvalue weighted by atomic mass is 10.0. The fourth-order valence-electron chi connectivity index (χ4n) is 2.35. The molecule has 1 rings (SSSR count). The standard InChI is InChI=1S/C16H24N2O3/c1-11(2)9-17(10-12(3)4)16-7-6-14(18(20)21)8-15(16)13(5)19/h6-8,11-12H,9-10H2,1-5H3. The summed E-state index contributed by atoms with van der Waals surface area (Å²) in [7, 11) is 0. The number of nitro benzene ring substituents is 1. The lowest BCUT2D eigenvalue weighted by Crippen LogP contribution is -2.32. The maximum atomic E-state index is 11.9. The molecular weight excluding hydrogens is 268 g/mol. The van der Waals surface area contributed by atoms with E-state index in [4.69, 9.17) is 0 Å². The van der Waals surface area contributed by atoms with Gasteiger partial charge < -0.3 is 4.90 Å². The fourth-order valence-corrected chi connectivity index (χ4v) is 2.35. The number of rotatable bonds is 7. The monoisotopic (exact) mass is 292 g/mol. The first kappa shape index (κ1) is 17.1. The van der Waals surface area contributed by atoms with Crippen molar-refractivity contribution in [3.8, 4) is 0 Å². The number of Topliss-reactive ketones (excluding diaryl/α,β-unsaturated/α-hetero) is 1. The number of non-ortho nitro benzene ring substituents is 1. The summed E-state index contributed by atoms with van der Waals surface area (Å²) in [4.78, 5) is 24.4. The first-order chi connectivity index (χ1) is 9.72. The SMILES string of the molecule is CC(=O)c1cc([N+](=O)[O-])ccc1N(CC(C)C)CC(C)C. The predicted octanol–water partition coefficient (Wildman–Crippen LogP) is 3.92. The number of carbonyl (C=O) groups excluding carboxylic acids is 1. The van der Waals surface area contributed by atoms with Crippen molar-refractivity contribution in [1.29, 1.82) is 0 Å². The van der Waals surface area contributed by atoms with Gasteiger partial charge in [-0.3, -0.25) is 14.9 Å². The number of nitro groups is 1. The third-order valence-electron chi connectivity index (χ3n) is 3.08. The quantitative estimate of drug-likeness (QED) is 0.434. The first-order valence-electron chi connectivity index (χ1n) is 7.26. The maximum Gasteiger partial charge on any atom is 0.270 e. The van der Waals surface area contributed by atoms with Gasteiger partial charge in [0.2, 0.25) is 0 Å². The first-order valence-corrected chi connectivity index (χ1v) is 7.26. The highest BCUT2D eigenvalue weighted by molar-refractivity contribution is 6.00. The van der Waals surface area contributed by atoms with Gasteiger partial charge in [0.25, 0.3) is 5.69 Å². The van der Waals surface area contributed by atoms with Crippen LogP contribution in [-0.4, -0.2) is 23.8 Å². The van der Waals surface area contributed by atoms with Crippen LogP contribution in [0.1, 0.15) is 45.0 Å². The molecule has 0 fully saturated rings. The molecule has 0 amide bonds. The highest BCUT2D eigenvalue weighted by Gasteiger charge is 2.19. The molecule has 0 bridgehead atoms. The summed E-state index contributed by atoms with van der Waals surface area (Å²) in [5, 5.41) is 10.9. The predicted molar refractivity (Wildman–Crippen MR) is 85.0 cm³/mol. The molecular formula is C16H24N2O3. The summed E-state index contributed by atoms with van der Waals surface area (Å²) in [5.41, 5.74) is 1.17. The summed E-state index contributed by atoms with van der Waals surface area (Å²) < 4.78 is 0. The summed E-state index contributed by atoms with van der Waals surface area (Å²) in [6.45, 7) is 11.6. The van der Waals surface area contributed by atoms with Gasteiger partial charge in [0, 0.05) is 36.5 Å². The minimum Gasteiger partial charge on any atom is -0.370 e. The van der Waals surface area contributed by atoms with Crippen molar-refractivity contribution in [2.24, 2.45) is 11.8 Å². The Bertz CT molecular complexity index is 514. The number of anilines is 1. The molecule has 1 aromatic rings. The molecule has 0 spiro atoms. The molecule has 0 aliphatic carbocycles. The molecule has 0 unspecified atom stereocenters. The van der Waals surface area contributed by atoms with Crippen molar-refractivity contribution in [1.82, 2.24) is 0 Å². The third-order valence-corrected chi connectivity index (χ3v) is 3.08. The second-order valence-electron chi connectivity index (χ2n) is 6.21. The van der Waals surface area contributed by atoms with Crippen molar-refractivity contribution in [2.75, 3.05) is 18.0 Å². The zero-order chi connectivity index (χ0) is 16.2. The average molecular weight is 292 g/mol. The van der Waals surface area contributed by atoms with E-state index in [1.54, 1.807) is 6.07 Å². The van der Waals surface area contributed by atoms with E-state index in [0.29, 0.717) is 17.4 Å². The second-order valence-corrected chi connectivity index (χ2v) is 6.21. The van der Waals surface area contributed by atoms with Crippen molar-refractivity contribution in [3.05, 3.63) is 33.9 Å². The van der Waals surface area contributed by atoms with Gasteiger partial charge in [-0.25, -0.2) is 0 Å². The second kappa shape index (κ2) is 7.20. The van der Waals surface area contributed by atoms with Crippen LogP contribution in [0.5, 0.6) is 0 Å². The van der Waals surface area contributed by atoms with Crippen molar-refractivity contribution < 1.29 is 9.72 Å². The maximum absolute atomic E-state index is 11.9. The topological polar surface area (TPSA) is 63.4 Å². The third kappa shape index (κ3) is 4.85. The fraction of sp³-hybridized carbons (Fsp3) is 0.562. The van der Waals surface area contributed by atoms with Crippen LogP contribution in [0.2, 0.25) is 0 Å². The highest BCUT2D eigenvalue weighted by Crippen LogP contribution is 2.27. The molecule has 0 aliphatic heterocycles. The van der Waals surface area contributed by atoms with E-state index in [9.17, 15) is 14.9 Å². The van der Waals surface area contributed by atoms with E-state index >= 15 is 0 Å². The normalized spacial score (nSPS) is 11.0. The molecule has 0 aliphatic rings. The smallest absolute Gasteiger partial charge is 0.270 e. The molecule has 0 aromatic heterocycles. The van der Waals surface area contributed by atoms with Gasteiger partial charge in [0.15, 0.2) is 5.78 Å². The van der Waals surface area contributed by atoms with Crippen molar-refractivity contribution in [3.63, 3.8) is 0 Å². The van der Waals surface area contributed by atoms with Crippen LogP contribution in [-0.2, 0) is 0 Å². The molecule has 1 aromatic carbocycles. The Labute approximate surface area is 126 Å². The van der Waals surface area contributed by atoms with Gasteiger partial charge >= 0.3 is 0 Å². The van der Waals surface area contributed by atoms with Crippen LogP contribution in [0, 0.1) is 22.0 Å². The van der Waals surface area contributed by atoms with Gasteiger partial charge in [0.05, 0.1) is 4.92 Å². The minimum atomic E-state index is -0.467. The van der Waals surface area contributed by atoms with Crippen LogP contribution >= 0.6 is 0 Å². The van der Waals surface area contributed by atoms with Crippen LogP contribution in [0.15, 0.2) is 18.2 Å². The van der Waals surface area contributed by atoms with E-state index in [2.05, 4.69) is 32.6 Å². The molecule has 5 heteroatoms. The Morgan fingerprint density at radius 1 is 1.19 bits per heavy atom. The van der Waals surface area contributed by atoms with E-state index in [1.807, 2.05) is 0 Å². The molecule has 0 saturated carbocycles. The lowest BCUT2D eigenvalue weighted by molar-refractivity contribution is -0.384. The summed E-state index contributed by atoms with van der Waals surface area (Å²) in [6.07, 6.45) is 0. The molecule has 0 N–H and O–H groups in total. The van der Waals surface area contributed by atoms with E-state index in [-0.39, 0.29) is 11.5 Å². The van der Waals surface area contributed by atoms with Crippen LogP contribution in [0.25, 0.3) is 0 Å². The average Bonchev–Trinajstić information content (AvgIpc) is 2.35. The number of hydrogen-bond donors (Lipinski definition) is 0. The molecule has 0 saturated heterocycles. The van der Waals surface area contributed by atoms with Gasteiger partial charge in [-0.2, -0.15) is 0 Å². The Morgan fingerprint density at radius 3 is 2.10 bits per heavy atom. The zero-order valence-electron chi connectivity index (χ0n) is 13.4. The van der Waals surface area contributed by atoms with Crippen molar-refractivity contribution in [2.45, 2.75) is 34.6 Å². The number of benzene rings is 1. The molecule has 116 valence electrons. The van der Waals surface area contributed by atoms with Gasteiger partial charge in [0.1, 0.15) is 0 Å². The van der Waals surface area contributed by atoms with Gasteiger partial charge in [-0.1, -0.05) is 27.7 Å². The number of ketones is 1. The Balaban J connectivity index is 3.28. The van der Waals surface area contributed by atoms with Gasteiger partial charge in [-0.05, 0) is 24.8 Å². The molecule has 0 atom stereocenters. The molecule has 5 nitrogen and oxygen atoms in total. The minimum absolute atomic E-state index is 0.0435. The van der Waals surface area contributed by atoms with Crippen LogP contribution < -0.4 is 4.90 Å². The number of carbonyl (C=O) groups is 1. The number of hydrogen-bond acceptors (Lipinski definition) is 4. The van der Waals surface area contributed by atoms with E-state index in [1.165, 1.54) is 19.1 Å². The Morgan fingerprint density at radius 2 is 1.71 bits per heavy atom. The molecule has 0 radical (unpaired) electrons. The Kier molecular flexibility index (Phi) is 5.88. The lowest BCUT2D eigenvalue weighted by Gasteiger charge is -2.30. The van der Waals surface area contributed by atoms with Crippen molar-refractivity contribution >= 4 is 17.2 Å². The van der Waals surface area contributed by atoms with Gasteiger partial charge in [-0.15, -0.1) is 0 Å².